The van der Waals surface area contributed by atoms with E-state index < -0.39 is 9.85 Å². The van der Waals surface area contributed by atoms with Gasteiger partial charge in [0.1, 0.15) is 5.69 Å². The first-order valence-corrected chi connectivity index (χ1v) is 5.26. The van der Waals surface area contributed by atoms with E-state index in [2.05, 4.69) is 10.5 Å². The Balaban J connectivity index is 2.97. The number of hydrazone groups is 1. The van der Waals surface area contributed by atoms with Gasteiger partial charge in [0.15, 0.2) is 0 Å². The van der Waals surface area contributed by atoms with Crippen LogP contribution in [0.25, 0.3) is 0 Å². The standard InChI is InChI=1S/C10H12N4O4/c1-2-3-6-11-12-9-5-4-8(13(15)16)7-10(9)14(17)18/h4-7,12H,2-3H2,1H3. The van der Waals surface area contributed by atoms with Crippen molar-refractivity contribution in [3.8, 4) is 0 Å². The lowest BCUT2D eigenvalue weighted by atomic mass is 10.2. The van der Waals surface area contributed by atoms with Crippen molar-refractivity contribution in [3.63, 3.8) is 0 Å². The highest BCUT2D eigenvalue weighted by Gasteiger charge is 2.18. The molecule has 96 valence electrons. The molecule has 0 atom stereocenters. The molecule has 0 aliphatic rings. The Bertz CT molecular complexity index is 487. The van der Waals surface area contributed by atoms with Crippen LogP contribution in [0, 0.1) is 20.2 Å². The van der Waals surface area contributed by atoms with Crippen LogP contribution in [0.5, 0.6) is 0 Å². The summed E-state index contributed by atoms with van der Waals surface area (Å²) in [7, 11) is 0. The molecule has 0 amide bonds. The first kappa shape index (κ1) is 13.6. The van der Waals surface area contributed by atoms with Crippen molar-refractivity contribution >= 4 is 23.3 Å². The van der Waals surface area contributed by atoms with Crippen LogP contribution in [0.1, 0.15) is 19.8 Å². The van der Waals surface area contributed by atoms with Gasteiger partial charge in [-0.2, -0.15) is 5.10 Å². The van der Waals surface area contributed by atoms with Crippen molar-refractivity contribution < 1.29 is 9.85 Å². The maximum absolute atomic E-state index is 10.8. The predicted octanol–water partition coefficient (Wildman–Crippen LogP) is 2.70. The molecule has 0 aliphatic heterocycles. The minimum absolute atomic E-state index is 0.123. The number of nitro groups is 2. The molecule has 0 spiro atoms. The van der Waals surface area contributed by atoms with Gasteiger partial charge in [-0.25, -0.2) is 0 Å². The summed E-state index contributed by atoms with van der Waals surface area (Å²) in [6, 6.07) is 3.35. The fourth-order valence-electron chi connectivity index (χ4n) is 1.19. The van der Waals surface area contributed by atoms with Gasteiger partial charge in [-0.15, -0.1) is 0 Å². The first-order chi connectivity index (χ1) is 8.56. The van der Waals surface area contributed by atoms with Gasteiger partial charge in [0.2, 0.25) is 0 Å². The van der Waals surface area contributed by atoms with E-state index >= 15 is 0 Å². The van der Waals surface area contributed by atoms with Gasteiger partial charge >= 0.3 is 5.69 Å². The minimum Gasteiger partial charge on any atom is -0.272 e. The largest absolute Gasteiger partial charge is 0.301 e. The summed E-state index contributed by atoms with van der Waals surface area (Å²) in [4.78, 5) is 19.9. The maximum atomic E-state index is 10.8. The van der Waals surface area contributed by atoms with Crippen LogP contribution in [0.15, 0.2) is 23.3 Å². The average Bonchev–Trinajstić information content (AvgIpc) is 2.34. The zero-order valence-electron chi connectivity index (χ0n) is 9.70. The SMILES string of the molecule is CCCC=NNc1ccc([N+](=O)[O-])cc1[N+](=O)[O-]. The number of benzene rings is 1. The molecule has 1 N–H and O–H groups in total. The highest BCUT2D eigenvalue weighted by atomic mass is 16.6. The minimum atomic E-state index is -0.690. The lowest BCUT2D eigenvalue weighted by Gasteiger charge is -2.01. The number of nitro benzene ring substituents is 2. The van der Waals surface area contributed by atoms with Gasteiger partial charge in [0, 0.05) is 12.3 Å². The zero-order chi connectivity index (χ0) is 13.5. The van der Waals surface area contributed by atoms with E-state index in [4.69, 9.17) is 0 Å². The number of anilines is 1. The molecule has 0 aromatic heterocycles. The van der Waals surface area contributed by atoms with E-state index in [0.29, 0.717) is 0 Å². The third-order valence-corrected chi connectivity index (χ3v) is 2.08. The fraction of sp³-hybridized carbons (Fsp3) is 0.300. The smallest absolute Gasteiger partial charge is 0.272 e. The summed E-state index contributed by atoms with van der Waals surface area (Å²) in [6.45, 7) is 1.97. The molecule has 0 radical (unpaired) electrons. The third kappa shape index (κ3) is 3.51. The highest BCUT2D eigenvalue weighted by molar-refractivity contribution is 5.67. The monoisotopic (exact) mass is 252 g/mol. The number of non-ortho nitro benzene ring substituents is 1. The lowest BCUT2D eigenvalue weighted by molar-refractivity contribution is -0.393. The Hall–Kier alpha value is -2.51. The molecule has 0 saturated carbocycles. The molecule has 8 heteroatoms. The molecule has 0 heterocycles. The molecular formula is C10H12N4O4. The molecule has 0 fully saturated rings. The zero-order valence-corrected chi connectivity index (χ0v) is 9.70. The topological polar surface area (TPSA) is 111 Å². The second kappa shape index (κ2) is 6.28. The molecule has 1 aromatic carbocycles. The van der Waals surface area contributed by atoms with Crippen molar-refractivity contribution in [2.75, 3.05) is 5.43 Å². The van der Waals surface area contributed by atoms with Gasteiger partial charge in [-0.05, 0) is 12.5 Å². The van der Waals surface area contributed by atoms with Crippen molar-refractivity contribution in [1.82, 2.24) is 0 Å². The number of nitrogens with one attached hydrogen (secondary N) is 1. The first-order valence-electron chi connectivity index (χ1n) is 5.26. The van der Waals surface area contributed by atoms with Crippen LogP contribution in [0.2, 0.25) is 0 Å². The van der Waals surface area contributed by atoms with Crippen LogP contribution >= 0.6 is 0 Å². The summed E-state index contributed by atoms with van der Waals surface area (Å²) in [6.07, 6.45) is 3.24. The lowest BCUT2D eigenvalue weighted by Crippen LogP contribution is -1.98. The van der Waals surface area contributed by atoms with Crippen molar-refractivity contribution in [3.05, 3.63) is 38.4 Å². The van der Waals surface area contributed by atoms with E-state index in [1.165, 1.54) is 12.1 Å². The van der Waals surface area contributed by atoms with Crippen LogP contribution < -0.4 is 5.43 Å². The molecule has 0 bridgehead atoms. The van der Waals surface area contributed by atoms with Crippen LogP contribution in [0.3, 0.4) is 0 Å². The quantitative estimate of drug-likeness (QED) is 0.475. The number of unbranched alkanes of at least 4 members (excludes halogenated alkanes) is 1. The normalized spacial score (nSPS) is 10.5. The van der Waals surface area contributed by atoms with E-state index in [0.717, 1.165) is 18.9 Å². The average molecular weight is 252 g/mol. The number of hydrogen-bond donors (Lipinski definition) is 1. The fourth-order valence-corrected chi connectivity index (χ4v) is 1.19. The molecule has 0 unspecified atom stereocenters. The van der Waals surface area contributed by atoms with E-state index in [-0.39, 0.29) is 17.1 Å². The van der Waals surface area contributed by atoms with Gasteiger partial charge in [0.25, 0.3) is 5.69 Å². The molecule has 0 saturated heterocycles. The summed E-state index contributed by atoms with van der Waals surface area (Å²) in [5, 5.41) is 25.1. The summed E-state index contributed by atoms with van der Waals surface area (Å²) in [5.74, 6) is 0. The number of nitrogens with zero attached hydrogens (tertiary/aromatic N) is 3. The number of hydrogen-bond acceptors (Lipinski definition) is 6. The van der Waals surface area contributed by atoms with Gasteiger partial charge in [-0.1, -0.05) is 13.3 Å². The Kier molecular flexibility index (Phi) is 4.73. The van der Waals surface area contributed by atoms with Gasteiger partial charge in [0.05, 0.1) is 15.9 Å². The molecular weight excluding hydrogens is 240 g/mol. The van der Waals surface area contributed by atoms with Crippen LogP contribution in [-0.2, 0) is 0 Å². The van der Waals surface area contributed by atoms with E-state index in [9.17, 15) is 20.2 Å². The summed E-state index contributed by atoms with van der Waals surface area (Å²) in [5.41, 5.74) is 1.92. The Morgan fingerprint density at radius 1 is 1.33 bits per heavy atom. The second-order valence-electron chi connectivity index (χ2n) is 3.43. The molecule has 18 heavy (non-hydrogen) atoms. The second-order valence-corrected chi connectivity index (χ2v) is 3.43. The van der Waals surface area contributed by atoms with Crippen LogP contribution in [-0.4, -0.2) is 16.1 Å². The van der Waals surface area contributed by atoms with Crippen molar-refractivity contribution in [2.24, 2.45) is 5.10 Å². The highest BCUT2D eigenvalue weighted by Crippen LogP contribution is 2.28. The Morgan fingerprint density at radius 3 is 2.61 bits per heavy atom. The van der Waals surface area contributed by atoms with E-state index in [1.54, 1.807) is 6.21 Å². The maximum Gasteiger partial charge on any atom is 0.301 e. The van der Waals surface area contributed by atoms with Crippen molar-refractivity contribution in [1.29, 1.82) is 0 Å². The molecule has 8 nitrogen and oxygen atoms in total. The third-order valence-electron chi connectivity index (χ3n) is 2.08. The Labute approximate surface area is 103 Å². The van der Waals surface area contributed by atoms with E-state index in [1.807, 2.05) is 6.92 Å². The van der Waals surface area contributed by atoms with Gasteiger partial charge in [-0.3, -0.25) is 25.7 Å². The Morgan fingerprint density at radius 2 is 2.06 bits per heavy atom. The summed E-state index contributed by atoms with van der Waals surface area (Å²) < 4.78 is 0. The summed E-state index contributed by atoms with van der Waals surface area (Å²) >= 11 is 0. The van der Waals surface area contributed by atoms with Crippen LogP contribution in [0.4, 0.5) is 17.1 Å². The molecule has 0 aliphatic carbocycles. The number of rotatable bonds is 6. The molecule has 1 rings (SSSR count). The van der Waals surface area contributed by atoms with Crippen molar-refractivity contribution in [2.45, 2.75) is 19.8 Å². The molecule has 1 aromatic rings. The predicted molar refractivity (Wildman–Crippen MR) is 66.8 cm³/mol. The van der Waals surface area contributed by atoms with Gasteiger partial charge < -0.3 is 0 Å².